The number of likely N-dealkylation sites (tertiary alicyclic amines) is 2. The molecule has 2 aromatic heterocycles. The van der Waals surface area contributed by atoms with E-state index in [4.69, 9.17) is 81.3 Å². The number of aliphatic hydroxyl groups is 1. The molecular weight excluding hydrogens is 938 g/mol. The molecule has 0 unspecified atom stereocenters. The number of amides is 2. The number of halogens is 5. The number of piperidine rings is 2. The molecule has 10 rings (SSSR count). The minimum atomic E-state index is -0.487. The highest BCUT2D eigenvalue weighted by atomic mass is 35.5. The number of hydrogen-bond donors (Lipinski definition) is 1. The highest BCUT2D eigenvalue weighted by molar-refractivity contribution is 6.39. The molecule has 6 aliphatic rings. The molecule has 6 atom stereocenters. The van der Waals surface area contributed by atoms with Gasteiger partial charge in [-0.15, -0.1) is 11.6 Å². The van der Waals surface area contributed by atoms with Crippen molar-refractivity contribution < 1.29 is 38.0 Å². The molecule has 2 saturated heterocycles. The Labute approximate surface area is 405 Å². The maximum absolute atomic E-state index is 12.5. The standard InChI is InChI=1S/C24H28Cl2N2O4.C13H10Cl3NO.C11H19NO3/c1-24(2,3)31-23(29)28-11-14-9-15(28)10-19(14)30-12-16-21(27-32-22(16)13-7-8-13)20-17(25)5-4-6-18(20)26;14-6-8-12(17-18-13(8)7-4-5-7)11-9(15)2-1-3-10(11)16;1-11(2,3)15-10(14)12-6-7-4-8(12)5-9(7)13/h4-6,13-15,19H,7-12H2,1-3H3;1-3,7H,4-6H2;7-9,13H,4-6H2,1-3H3/t14-,15-,19+;;7-,8-,9+/m0.0/s1. The van der Waals surface area contributed by atoms with Crippen LogP contribution in [0.25, 0.3) is 22.5 Å². The molecule has 17 heteroatoms. The summed E-state index contributed by atoms with van der Waals surface area (Å²) in [5.74, 6) is 3.55. The third-order valence-corrected chi connectivity index (χ3v) is 14.3. The Kier molecular flexibility index (Phi) is 14.4. The van der Waals surface area contributed by atoms with Crippen LogP contribution in [0, 0.1) is 11.8 Å². The Morgan fingerprint density at radius 1 is 0.677 bits per heavy atom. The lowest BCUT2D eigenvalue weighted by Crippen LogP contribution is -2.44. The van der Waals surface area contributed by atoms with Crippen LogP contribution < -0.4 is 0 Å². The number of nitrogens with zero attached hydrogens (tertiary/aromatic N) is 4. The van der Waals surface area contributed by atoms with Crippen LogP contribution in [0.5, 0.6) is 0 Å². The minimum absolute atomic E-state index is 0.0928. The smallest absolute Gasteiger partial charge is 0.410 e. The first-order chi connectivity index (χ1) is 30.8. The summed E-state index contributed by atoms with van der Waals surface area (Å²) in [7, 11) is 0. The van der Waals surface area contributed by atoms with Gasteiger partial charge in [0.25, 0.3) is 0 Å². The van der Waals surface area contributed by atoms with Crippen LogP contribution in [0.2, 0.25) is 20.1 Å². The lowest BCUT2D eigenvalue weighted by Gasteiger charge is -2.33. The summed E-state index contributed by atoms with van der Waals surface area (Å²) in [5, 5.41) is 20.2. The fourth-order valence-electron chi connectivity index (χ4n) is 9.40. The Morgan fingerprint density at radius 3 is 1.49 bits per heavy atom. The van der Waals surface area contributed by atoms with Crippen LogP contribution >= 0.6 is 58.0 Å². The van der Waals surface area contributed by atoms with Gasteiger partial charge < -0.3 is 38.2 Å². The van der Waals surface area contributed by atoms with Crippen LogP contribution in [-0.2, 0) is 26.7 Å². The van der Waals surface area contributed by atoms with Crippen molar-refractivity contribution in [3.63, 3.8) is 0 Å². The average Bonchev–Trinajstić information content (AvgIpc) is 3.89. The fraction of sp³-hybridized carbons (Fsp3) is 0.583. The van der Waals surface area contributed by atoms with Crippen LogP contribution in [-0.4, -0.2) is 86.0 Å². The zero-order chi connectivity index (χ0) is 46.5. The summed E-state index contributed by atoms with van der Waals surface area (Å²) in [4.78, 5) is 27.9. The Bertz CT molecular complexity index is 2330. The van der Waals surface area contributed by atoms with Crippen LogP contribution in [0.3, 0.4) is 0 Å². The quantitative estimate of drug-likeness (QED) is 0.170. The van der Waals surface area contributed by atoms with Gasteiger partial charge in [0.05, 0.1) is 44.8 Å². The Balaban J connectivity index is 0.000000147. The molecule has 352 valence electrons. The van der Waals surface area contributed by atoms with Crippen LogP contribution in [0.4, 0.5) is 9.59 Å². The predicted molar refractivity (Wildman–Crippen MR) is 251 cm³/mol. The van der Waals surface area contributed by atoms with Crippen molar-refractivity contribution in [2.75, 3.05) is 13.1 Å². The molecule has 4 aliphatic carbocycles. The zero-order valence-electron chi connectivity index (χ0n) is 37.6. The second-order valence-electron chi connectivity index (χ2n) is 20.1. The van der Waals surface area contributed by atoms with E-state index in [1.165, 1.54) is 0 Å². The highest BCUT2D eigenvalue weighted by Gasteiger charge is 2.49. The molecule has 4 heterocycles. The molecule has 6 fully saturated rings. The number of alkyl halides is 1. The van der Waals surface area contributed by atoms with Gasteiger partial charge in [-0.25, -0.2) is 9.59 Å². The number of benzene rings is 2. The maximum atomic E-state index is 12.5. The topological polar surface area (TPSA) is 141 Å². The van der Waals surface area contributed by atoms with E-state index in [2.05, 4.69) is 10.3 Å². The molecule has 2 amide bonds. The van der Waals surface area contributed by atoms with E-state index in [0.29, 0.717) is 92.4 Å². The lowest BCUT2D eigenvalue weighted by molar-refractivity contribution is -0.0219. The first-order valence-electron chi connectivity index (χ1n) is 22.5. The second-order valence-corrected chi connectivity index (χ2v) is 22.0. The normalized spacial score (nSPS) is 24.4. The largest absolute Gasteiger partial charge is 0.444 e. The number of rotatable bonds is 8. The van der Waals surface area contributed by atoms with Crippen molar-refractivity contribution in [3.05, 3.63) is 79.1 Å². The number of fused-ring (bicyclic) bond motifs is 4. The molecule has 4 bridgehead atoms. The molecule has 4 aromatic rings. The van der Waals surface area contributed by atoms with Gasteiger partial charge in [-0.2, -0.15) is 0 Å². The van der Waals surface area contributed by atoms with E-state index in [9.17, 15) is 14.7 Å². The van der Waals surface area contributed by atoms with Crippen molar-refractivity contribution in [1.29, 1.82) is 0 Å². The summed E-state index contributed by atoms with van der Waals surface area (Å²) >= 11 is 31.3. The van der Waals surface area contributed by atoms with Gasteiger partial charge in [0.15, 0.2) is 0 Å². The fourth-order valence-corrected chi connectivity index (χ4v) is 10.8. The molecular formula is C48H57Cl5N4O8. The number of aliphatic hydroxyl groups excluding tert-OH is 1. The van der Waals surface area contributed by atoms with Gasteiger partial charge >= 0.3 is 12.2 Å². The Morgan fingerprint density at radius 2 is 1.11 bits per heavy atom. The van der Waals surface area contributed by atoms with Gasteiger partial charge in [0.2, 0.25) is 0 Å². The van der Waals surface area contributed by atoms with Gasteiger partial charge in [-0.3, -0.25) is 0 Å². The summed E-state index contributed by atoms with van der Waals surface area (Å²) in [6.07, 6.45) is 7.28. The molecule has 1 N–H and O–H groups in total. The molecule has 4 saturated carbocycles. The molecule has 0 spiro atoms. The van der Waals surface area contributed by atoms with Crippen molar-refractivity contribution in [2.45, 2.75) is 153 Å². The second kappa shape index (κ2) is 19.4. The maximum Gasteiger partial charge on any atom is 0.410 e. The predicted octanol–water partition coefficient (Wildman–Crippen LogP) is 13.1. The first-order valence-corrected chi connectivity index (χ1v) is 24.5. The van der Waals surface area contributed by atoms with Crippen molar-refractivity contribution in [2.24, 2.45) is 11.8 Å². The van der Waals surface area contributed by atoms with Crippen LogP contribution in [0.1, 0.15) is 127 Å². The van der Waals surface area contributed by atoms with Crippen molar-refractivity contribution >= 4 is 70.2 Å². The van der Waals surface area contributed by atoms with Crippen molar-refractivity contribution in [1.82, 2.24) is 20.1 Å². The summed E-state index contributed by atoms with van der Waals surface area (Å²) < 4.78 is 28.4. The number of carbonyl (C=O) groups excluding carboxylic acids is 2. The summed E-state index contributed by atoms with van der Waals surface area (Å²) in [5.41, 5.74) is 3.66. The van der Waals surface area contributed by atoms with Crippen molar-refractivity contribution in [3.8, 4) is 22.5 Å². The molecule has 2 aromatic carbocycles. The van der Waals surface area contributed by atoms with Gasteiger partial charge in [0.1, 0.15) is 34.1 Å². The van der Waals surface area contributed by atoms with Gasteiger partial charge in [-0.05, 0) is 117 Å². The summed E-state index contributed by atoms with van der Waals surface area (Å²) in [6, 6.07) is 11.2. The molecule has 0 radical (unpaired) electrons. The van der Waals surface area contributed by atoms with E-state index < -0.39 is 11.2 Å². The summed E-state index contributed by atoms with van der Waals surface area (Å²) in [6.45, 7) is 13.0. The molecule has 12 nitrogen and oxygen atoms in total. The lowest BCUT2D eigenvalue weighted by atomic mass is 10.0. The zero-order valence-corrected chi connectivity index (χ0v) is 41.3. The van der Waals surface area contributed by atoms with Gasteiger partial charge in [-0.1, -0.05) is 68.8 Å². The number of carbonyl (C=O) groups is 2. The van der Waals surface area contributed by atoms with E-state index in [0.717, 1.165) is 67.6 Å². The number of hydrogen-bond acceptors (Lipinski definition) is 10. The molecule has 2 aliphatic heterocycles. The number of aromatic nitrogens is 2. The first kappa shape index (κ1) is 48.2. The minimum Gasteiger partial charge on any atom is -0.444 e. The highest BCUT2D eigenvalue weighted by Crippen LogP contribution is 2.48. The average molecular weight is 995 g/mol. The van der Waals surface area contributed by atoms with E-state index in [1.807, 2.05) is 52.5 Å². The van der Waals surface area contributed by atoms with Crippen LogP contribution in [0.15, 0.2) is 45.4 Å². The van der Waals surface area contributed by atoms with E-state index in [-0.39, 0.29) is 42.4 Å². The monoisotopic (exact) mass is 992 g/mol. The van der Waals surface area contributed by atoms with E-state index >= 15 is 0 Å². The van der Waals surface area contributed by atoms with E-state index in [1.54, 1.807) is 35.2 Å². The van der Waals surface area contributed by atoms with Gasteiger partial charge in [0, 0.05) is 71.1 Å². The number of ether oxygens (including phenoxy) is 3. The third-order valence-electron chi connectivity index (χ3n) is 12.7. The molecule has 65 heavy (non-hydrogen) atoms. The third kappa shape index (κ3) is 11.1. The SMILES string of the molecule is CC(C)(C)OC(=O)N1C[C@@H]2C[C@H]1C[C@H]2O.CC(C)(C)OC(=O)N1C[C@@H]2C[C@H]1C[C@H]2OCc1c(-c2c(Cl)cccc2Cl)noc1C1CC1.ClCc1c(-c2c(Cl)cccc2Cl)noc1C1CC1. The Hall–Kier alpha value is -3.23.